The van der Waals surface area contributed by atoms with Gasteiger partial charge >= 0.3 is 0 Å². The second-order valence-electron chi connectivity index (χ2n) is 6.14. The molecule has 1 aromatic carbocycles. The molecule has 2 amide bonds. The topological polar surface area (TPSA) is 96.0 Å². The number of nitrogens with one attached hydrogen (secondary N) is 1. The second kappa shape index (κ2) is 8.29. The molecule has 1 N–H and O–H groups in total. The monoisotopic (exact) mass is 423 g/mol. The maximum absolute atomic E-state index is 13.1. The first-order valence-electron chi connectivity index (χ1n) is 8.61. The number of fused-ring (bicyclic) bond motifs is 1. The molecule has 1 aliphatic rings. The summed E-state index contributed by atoms with van der Waals surface area (Å²) >= 11 is 1.33. The first-order chi connectivity index (χ1) is 13.4. The Morgan fingerprint density at radius 2 is 2.00 bits per heavy atom. The molecule has 0 atom stereocenters. The van der Waals surface area contributed by atoms with Gasteiger partial charge in [0.05, 0.1) is 18.4 Å². The van der Waals surface area contributed by atoms with Crippen LogP contribution in [0.15, 0.2) is 41.1 Å². The largest absolute Gasteiger partial charge is 0.495 e. The number of hydrogen-bond donors (Lipinski definition) is 1. The van der Waals surface area contributed by atoms with Crippen molar-refractivity contribution in [2.24, 2.45) is 0 Å². The van der Waals surface area contributed by atoms with Crippen LogP contribution >= 0.6 is 11.3 Å². The lowest BCUT2D eigenvalue weighted by molar-refractivity contribution is -0.133. The molecule has 2 heterocycles. The molecule has 150 valence electrons. The Hall–Kier alpha value is -2.43. The van der Waals surface area contributed by atoms with Crippen LogP contribution in [0, 0.1) is 0 Å². The standard InChI is InChI=1S/C18H21N3O5S2/c1-3-16(22)19-11-17(23)20-7-9-21(10-8-20)28(24,25)15-12-27-18-13(15)5-4-6-14(18)26-2/h3-6,12H,1,7-11H2,2H3,(H,19,22). The van der Waals surface area contributed by atoms with Crippen LogP contribution < -0.4 is 10.1 Å². The first kappa shape index (κ1) is 20.3. The van der Waals surface area contributed by atoms with Gasteiger partial charge in [0, 0.05) is 36.9 Å². The lowest BCUT2D eigenvalue weighted by atomic mass is 10.2. The Kier molecular flexibility index (Phi) is 6.01. The van der Waals surface area contributed by atoms with Crippen LogP contribution in [0.3, 0.4) is 0 Å². The van der Waals surface area contributed by atoms with Crippen molar-refractivity contribution < 1.29 is 22.7 Å². The summed E-state index contributed by atoms with van der Waals surface area (Å²) in [7, 11) is -2.13. The Bertz CT molecular complexity index is 1010. The van der Waals surface area contributed by atoms with Gasteiger partial charge in [0.25, 0.3) is 0 Å². The Labute approximate surface area is 167 Å². The van der Waals surface area contributed by atoms with E-state index >= 15 is 0 Å². The molecular formula is C18H21N3O5S2. The zero-order valence-corrected chi connectivity index (χ0v) is 17.0. The molecule has 8 nitrogen and oxygen atoms in total. The van der Waals surface area contributed by atoms with Crippen LogP contribution in [0.1, 0.15) is 0 Å². The molecule has 0 unspecified atom stereocenters. The molecular weight excluding hydrogens is 402 g/mol. The smallest absolute Gasteiger partial charge is 0.244 e. The highest BCUT2D eigenvalue weighted by molar-refractivity contribution is 7.89. The highest BCUT2D eigenvalue weighted by Gasteiger charge is 2.32. The lowest BCUT2D eigenvalue weighted by Crippen LogP contribution is -2.52. The van der Waals surface area contributed by atoms with Gasteiger partial charge in [-0.1, -0.05) is 18.7 Å². The Balaban J connectivity index is 1.71. The van der Waals surface area contributed by atoms with Gasteiger partial charge in [-0.15, -0.1) is 11.3 Å². The molecule has 0 aliphatic carbocycles. The Morgan fingerprint density at radius 3 is 2.64 bits per heavy atom. The van der Waals surface area contributed by atoms with Crippen molar-refractivity contribution in [1.82, 2.24) is 14.5 Å². The van der Waals surface area contributed by atoms with E-state index in [0.29, 0.717) is 11.1 Å². The number of benzene rings is 1. The number of hydrogen-bond acceptors (Lipinski definition) is 6. The number of ether oxygens (including phenoxy) is 1. The zero-order chi connectivity index (χ0) is 20.3. The fraction of sp³-hybridized carbons (Fsp3) is 0.333. The van der Waals surface area contributed by atoms with Gasteiger partial charge in [-0.05, 0) is 12.1 Å². The van der Waals surface area contributed by atoms with E-state index < -0.39 is 15.9 Å². The van der Waals surface area contributed by atoms with Crippen molar-refractivity contribution in [2.75, 3.05) is 39.8 Å². The molecule has 28 heavy (non-hydrogen) atoms. The third kappa shape index (κ3) is 3.89. The third-order valence-electron chi connectivity index (χ3n) is 4.56. The van der Waals surface area contributed by atoms with Crippen molar-refractivity contribution >= 4 is 43.3 Å². The van der Waals surface area contributed by atoms with Crippen molar-refractivity contribution in [2.45, 2.75) is 4.90 Å². The molecule has 0 saturated carbocycles. The molecule has 2 aromatic rings. The van der Waals surface area contributed by atoms with E-state index in [9.17, 15) is 18.0 Å². The summed E-state index contributed by atoms with van der Waals surface area (Å²) in [6, 6.07) is 5.33. The summed E-state index contributed by atoms with van der Waals surface area (Å²) in [6.45, 7) is 4.14. The minimum Gasteiger partial charge on any atom is -0.495 e. The number of carbonyl (C=O) groups excluding carboxylic acids is 2. The van der Waals surface area contributed by atoms with E-state index in [1.165, 1.54) is 15.6 Å². The maximum Gasteiger partial charge on any atom is 0.244 e. The predicted octanol–water partition coefficient (Wildman–Crippen LogP) is 1.04. The Morgan fingerprint density at radius 1 is 1.29 bits per heavy atom. The van der Waals surface area contributed by atoms with E-state index in [1.807, 2.05) is 0 Å². The van der Waals surface area contributed by atoms with Crippen LogP contribution in [0.5, 0.6) is 5.75 Å². The minimum absolute atomic E-state index is 0.132. The highest BCUT2D eigenvalue weighted by Crippen LogP contribution is 2.37. The summed E-state index contributed by atoms with van der Waals surface area (Å²) in [6.07, 6.45) is 1.10. The van der Waals surface area contributed by atoms with Gasteiger partial charge in [0.15, 0.2) is 0 Å². The molecule has 1 aromatic heterocycles. The van der Waals surface area contributed by atoms with Gasteiger partial charge in [0.2, 0.25) is 21.8 Å². The van der Waals surface area contributed by atoms with Crippen molar-refractivity contribution in [3.63, 3.8) is 0 Å². The number of rotatable bonds is 6. The number of thiophene rings is 1. The summed E-state index contributed by atoms with van der Waals surface area (Å²) in [5, 5.41) is 4.70. The molecule has 3 rings (SSSR count). The third-order valence-corrected chi connectivity index (χ3v) is 7.65. The van der Waals surface area contributed by atoms with Gasteiger partial charge < -0.3 is 15.0 Å². The van der Waals surface area contributed by atoms with Crippen LogP contribution in [0.25, 0.3) is 10.1 Å². The van der Waals surface area contributed by atoms with Gasteiger partial charge in [-0.2, -0.15) is 4.31 Å². The molecule has 10 heteroatoms. The summed E-state index contributed by atoms with van der Waals surface area (Å²) in [5.41, 5.74) is 0. The SMILES string of the molecule is C=CC(=O)NCC(=O)N1CCN(S(=O)(=O)c2csc3c(OC)cccc23)CC1. The van der Waals surface area contributed by atoms with Crippen molar-refractivity contribution in [3.8, 4) is 5.75 Å². The second-order valence-corrected chi connectivity index (χ2v) is 8.93. The van der Waals surface area contributed by atoms with Gasteiger partial charge in [-0.3, -0.25) is 9.59 Å². The molecule has 0 bridgehead atoms. The van der Waals surface area contributed by atoms with Crippen molar-refractivity contribution in [3.05, 3.63) is 36.2 Å². The van der Waals surface area contributed by atoms with Crippen LogP contribution in [-0.4, -0.2) is 69.3 Å². The normalized spacial score (nSPS) is 15.4. The predicted molar refractivity (Wildman–Crippen MR) is 107 cm³/mol. The summed E-state index contributed by atoms with van der Waals surface area (Å²) < 4.78 is 33.7. The first-order valence-corrected chi connectivity index (χ1v) is 10.9. The maximum atomic E-state index is 13.1. The number of nitrogens with zero attached hydrogens (tertiary/aromatic N) is 2. The van der Waals surface area contributed by atoms with Crippen molar-refractivity contribution in [1.29, 1.82) is 0 Å². The number of sulfonamides is 1. The van der Waals surface area contributed by atoms with Gasteiger partial charge in [0.1, 0.15) is 10.6 Å². The van der Waals surface area contributed by atoms with E-state index in [4.69, 9.17) is 4.74 Å². The van der Waals surface area contributed by atoms with E-state index in [0.717, 1.165) is 10.8 Å². The van der Waals surface area contributed by atoms with Crippen LogP contribution in [-0.2, 0) is 19.6 Å². The quantitative estimate of drug-likeness (QED) is 0.701. The fourth-order valence-corrected chi connectivity index (χ4v) is 6.02. The molecule has 1 aliphatic heterocycles. The molecule has 0 spiro atoms. The summed E-state index contributed by atoms with van der Waals surface area (Å²) in [5.74, 6) is -0.0340. The van der Waals surface area contributed by atoms with Crippen LogP contribution in [0.4, 0.5) is 0 Å². The average molecular weight is 424 g/mol. The minimum atomic E-state index is -3.68. The molecule has 1 fully saturated rings. The van der Waals surface area contributed by atoms with E-state index in [1.54, 1.807) is 35.6 Å². The molecule has 0 radical (unpaired) electrons. The number of piperazine rings is 1. The van der Waals surface area contributed by atoms with Crippen LogP contribution in [0.2, 0.25) is 0 Å². The number of amides is 2. The van der Waals surface area contributed by atoms with E-state index in [2.05, 4.69) is 11.9 Å². The fourth-order valence-electron chi connectivity index (χ4n) is 3.03. The highest BCUT2D eigenvalue weighted by atomic mass is 32.2. The number of methoxy groups -OCH3 is 1. The van der Waals surface area contributed by atoms with E-state index in [-0.39, 0.29) is 43.5 Å². The zero-order valence-electron chi connectivity index (χ0n) is 15.4. The van der Waals surface area contributed by atoms with Gasteiger partial charge in [-0.25, -0.2) is 8.42 Å². The lowest BCUT2D eigenvalue weighted by Gasteiger charge is -2.34. The number of carbonyl (C=O) groups is 2. The molecule has 1 saturated heterocycles. The summed E-state index contributed by atoms with van der Waals surface area (Å²) in [4.78, 5) is 25.1. The average Bonchev–Trinajstić information content (AvgIpc) is 3.16.